The molecule has 96 valence electrons. The molecule has 0 saturated carbocycles. The predicted octanol–water partition coefficient (Wildman–Crippen LogP) is 3.49. The first kappa shape index (κ1) is 13.3. The maximum absolute atomic E-state index is 13.0. The van der Waals surface area contributed by atoms with Crippen molar-refractivity contribution in [3.05, 3.63) is 45.8 Å². The molecule has 0 aliphatic carbocycles. The lowest BCUT2D eigenvalue weighted by atomic mass is 10.2. The van der Waals surface area contributed by atoms with Crippen LogP contribution in [0.3, 0.4) is 0 Å². The zero-order valence-corrected chi connectivity index (χ0v) is 11.6. The lowest BCUT2D eigenvalue weighted by Crippen LogP contribution is -2.01. The minimum absolute atomic E-state index is 0.211. The summed E-state index contributed by atoms with van der Waals surface area (Å²) in [5, 5.41) is 12.0. The Labute approximate surface area is 118 Å². The molecule has 0 aliphatic heterocycles. The van der Waals surface area contributed by atoms with Crippen molar-refractivity contribution in [1.29, 1.82) is 5.26 Å². The van der Waals surface area contributed by atoms with Gasteiger partial charge in [0.25, 0.3) is 0 Å². The van der Waals surface area contributed by atoms with Crippen LogP contribution < -0.4 is 11.1 Å². The molecular weight excluding hydrogens is 311 g/mol. The Hall–Kier alpha value is -2.13. The highest BCUT2D eigenvalue weighted by Gasteiger charge is 2.10. The Kier molecular flexibility index (Phi) is 3.67. The monoisotopic (exact) mass is 320 g/mol. The molecule has 0 saturated heterocycles. The van der Waals surface area contributed by atoms with Crippen LogP contribution in [-0.4, -0.2) is 4.98 Å². The summed E-state index contributed by atoms with van der Waals surface area (Å²) >= 11 is 3.39. The molecule has 2 rings (SSSR count). The van der Waals surface area contributed by atoms with Crippen LogP contribution in [0.2, 0.25) is 0 Å². The number of aromatic nitrogens is 1. The summed E-state index contributed by atoms with van der Waals surface area (Å²) in [6, 6.07) is 5.87. The second-order valence-corrected chi connectivity index (χ2v) is 4.72. The van der Waals surface area contributed by atoms with Gasteiger partial charge in [-0.1, -0.05) is 0 Å². The smallest absolute Gasteiger partial charge is 0.145 e. The van der Waals surface area contributed by atoms with Crippen molar-refractivity contribution in [1.82, 2.24) is 4.98 Å². The van der Waals surface area contributed by atoms with Crippen LogP contribution in [0, 0.1) is 24.1 Å². The van der Waals surface area contributed by atoms with E-state index in [1.54, 1.807) is 0 Å². The van der Waals surface area contributed by atoms with Crippen molar-refractivity contribution in [3.63, 3.8) is 0 Å². The number of hydrogen-bond donors (Lipinski definition) is 2. The molecule has 0 atom stereocenters. The third-order valence-corrected chi connectivity index (χ3v) is 3.63. The first-order chi connectivity index (χ1) is 9.02. The minimum Gasteiger partial charge on any atom is -0.397 e. The molecule has 19 heavy (non-hydrogen) atoms. The topological polar surface area (TPSA) is 74.7 Å². The third kappa shape index (κ3) is 2.66. The van der Waals surface area contributed by atoms with E-state index in [1.165, 1.54) is 24.4 Å². The molecule has 0 unspecified atom stereocenters. The Bertz CT molecular complexity index is 679. The maximum atomic E-state index is 13.0. The van der Waals surface area contributed by atoms with E-state index in [4.69, 9.17) is 11.0 Å². The number of hydrogen-bond acceptors (Lipinski definition) is 4. The molecule has 1 aromatic carbocycles. The number of nitrogen functional groups attached to an aromatic ring is 1. The minimum atomic E-state index is -0.456. The van der Waals surface area contributed by atoms with Gasteiger partial charge in [0.2, 0.25) is 0 Å². The van der Waals surface area contributed by atoms with Gasteiger partial charge in [-0.3, -0.25) is 0 Å². The van der Waals surface area contributed by atoms with Gasteiger partial charge in [0.15, 0.2) is 0 Å². The SMILES string of the molecule is Cc1c(N)cnc(Nc2ccc(F)cc2C#N)c1Br. The number of nitrogens with one attached hydrogen (secondary N) is 1. The van der Waals surface area contributed by atoms with Crippen LogP contribution in [0.4, 0.5) is 21.6 Å². The van der Waals surface area contributed by atoms with Crippen LogP contribution in [0.15, 0.2) is 28.9 Å². The Balaban J connectivity index is 2.43. The van der Waals surface area contributed by atoms with Crippen LogP contribution in [0.5, 0.6) is 0 Å². The van der Waals surface area contributed by atoms with Gasteiger partial charge in [-0.05, 0) is 46.6 Å². The Morgan fingerprint density at radius 1 is 1.47 bits per heavy atom. The second-order valence-electron chi connectivity index (χ2n) is 3.93. The largest absolute Gasteiger partial charge is 0.397 e. The molecule has 4 nitrogen and oxygen atoms in total. The van der Waals surface area contributed by atoms with E-state index in [0.29, 0.717) is 21.7 Å². The highest BCUT2D eigenvalue weighted by Crippen LogP contribution is 2.30. The van der Waals surface area contributed by atoms with Gasteiger partial charge in [0.05, 0.1) is 27.6 Å². The molecule has 1 heterocycles. The molecule has 0 aliphatic rings. The molecule has 3 N–H and O–H groups in total. The van der Waals surface area contributed by atoms with E-state index < -0.39 is 5.82 Å². The summed E-state index contributed by atoms with van der Waals surface area (Å²) in [5.74, 6) is 0.0671. The normalized spacial score (nSPS) is 10.0. The van der Waals surface area contributed by atoms with Gasteiger partial charge in [-0.25, -0.2) is 9.37 Å². The van der Waals surface area contributed by atoms with Gasteiger partial charge < -0.3 is 11.1 Å². The quantitative estimate of drug-likeness (QED) is 0.888. The number of pyridine rings is 1. The van der Waals surface area contributed by atoms with Crippen molar-refractivity contribution in [2.75, 3.05) is 11.1 Å². The van der Waals surface area contributed by atoms with Crippen LogP contribution in [0.25, 0.3) is 0 Å². The number of anilines is 3. The van der Waals surface area contributed by atoms with E-state index in [1.807, 2.05) is 13.0 Å². The molecule has 0 radical (unpaired) electrons. The zero-order valence-electron chi connectivity index (χ0n) is 10.0. The fourth-order valence-corrected chi connectivity index (χ4v) is 1.96. The van der Waals surface area contributed by atoms with Crippen LogP contribution >= 0.6 is 15.9 Å². The molecule has 0 bridgehead atoms. The number of rotatable bonds is 2. The second kappa shape index (κ2) is 5.24. The molecule has 2 aromatic rings. The molecule has 0 fully saturated rings. The van der Waals surface area contributed by atoms with E-state index in [2.05, 4.69) is 26.2 Å². The Morgan fingerprint density at radius 3 is 2.89 bits per heavy atom. The number of nitriles is 1. The number of nitrogens with zero attached hydrogens (tertiary/aromatic N) is 2. The lowest BCUT2D eigenvalue weighted by Gasteiger charge is -2.11. The third-order valence-electron chi connectivity index (χ3n) is 2.66. The van der Waals surface area contributed by atoms with Crippen molar-refractivity contribution in [2.45, 2.75) is 6.92 Å². The highest BCUT2D eigenvalue weighted by atomic mass is 79.9. The summed E-state index contributed by atoms with van der Waals surface area (Å²) < 4.78 is 13.8. The van der Waals surface area contributed by atoms with E-state index >= 15 is 0 Å². The Morgan fingerprint density at radius 2 is 2.21 bits per heavy atom. The fourth-order valence-electron chi connectivity index (χ4n) is 1.52. The van der Waals surface area contributed by atoms with Crippen LogP contribution in [0.1, 0.15) is 11.1 Å². The molecular formula is C13H10BrFN4. The molecule has 6 heteroatoms. The van der Waals surface area contributed by atoms with E-state index in [0.717, 1.165) is 5.56 Å². The molecule has 0 spiro atoms. The van der Waals surface area contributed by atoms with Crippen molar-refractivity contribution >= 4 is 33.1 Å². The summed E-state index contributed by atoms with van der Waals surface area (Å²) in [6.07, 6.45) is 1.53. The van der Waals surface area contributed by atoms with E-state index in [-0.39, 0.29) is 5.56 Å². The average Bonchev–Trinajstić information content (AvgIpc) is 2.41. The average molecular weight is 321 g/mol. The van der Waals surface area contributed by atoms with Gasteiger partial charge in [0.1, 0.15) is 17.7 Å². The van der Waals surface area contributed by atoms with E-state index in [9.17, 15) is 4.39 Å². The number of nitrogens with two attached hydrogens (primary N) is 1. The number of halogens is 2. The maximum Gasteiger partial charge on any atom is 0.145 e. The van der Waals surface area contributed by atoms with Gasteiger partial charge in [0, 0.05) is 0 Å². The molecule has 0 amide bonds. The van der Waals surface area contributed by atoms with Crippen molar-refractivity contribution in [2.24, 2.45) is 0 Å². The van der Waals surface area contributed by atoms with Gasteiger partial charge >= 0.3 is 0 Å². The van der Waals surface area contributed by atoms with Crippen molar-refractivity contribution < 1.29 is 4.39 Å². The lowest BCUT2D eigenvalue weighted by molar-refractivity contribution is 0.627. The highest BCUT2D eigenvalue weighted by molar-refractivity contribution is 9.10. The summed E-state index contributed by atoms with van der Waals surface area (Å²) in [4.78, 5) is 4.15. The summed E-state index contributed by atoms with van der Waals surface area (Å²) in [5.41, 5.74) is 7.85. The van der Waals surface area contributed by atoms with Crippen LogP contribution in [-0.2, 0) is 0 Å². The van der Waals surface area contributed by atoms with Gasteiger partial charge in [-0.2, -0.15) is 5.26 Å². The predicted molar refractivity (Wildman–Crippen MR) is 75.5 cm³/mol. The first-order valence-electron chi connectivity index (χ1n) is 5.40. The molecule has 1 aromatic heterocycles. The summed E-state index contributed by atoms with van der Waals surface area (Å²) in [6.45, 7) is 1.85. The zero-order chi connectivity index (χ0) is 14.0. The van der Waals surface area contributed by atoms with Gasteiger partial charge in [-0.15, -0.1) is 0 Å². The number of benzene rings is 1. The van der Waals surface area contributed by atoms with Crippen molar-refractivity contribution in [3.8, 4) is 6.07 Å². The fraction of sp³-hybridized carbons (Fsp3) is 0.0769. The summed E-state index contributed by atoms with van der Waals surface area (Å²) in [7, 11) is 0. The standard InChI is InChI=1S/C13H10BrFN4/c1-7-10(17)6-18-13(12(7)14)19-11-3-2-9(15)4-8(11)5-16/h2-4,6H,17H2,1H3,(H,18,19). The first-order valence-corrected chi connectivity index (χ1v) is 6.19.